The Bertz CT molecular complexity index is 1300. The first-order chi connectivity index (χ1) is 16.5. The summed E-state index contributed by atoms with van der Waals surface area (Å²) in [7, 11) is 0. The fraction of sp³-hybridized carbons (Fsp3) is 0.308. The second kappa shape index (κ2) is 11.4. The quantitative estimate of drug-likeness (QED) is 0.277. The van der Waals surface area contributed by atoms with E-state index in [1.807, 2.05) is 13.0 Å². The highest BCUT2D eigenvalue weighted by Crippen LogP contribution is 2.28. The van der Waals surface area contributed by atoms with Crippen LogP contribution in [0.2, 0.25) is 15.1 Å². The minimum absolute atomic E-state index is 0.0884. The topological polar surface area (TPSA) is 72.3 Å². The zero-order valence-corrected chi connectivity index (χ0v) is 22.3. The van der Waals surface area contributed by atoms with E-state index in [9.17, 15) is 14.4 Å². The van der Waals surface area contributed by atoms with Crippen LogP contribution < -0.4 is 0 Å². The zero-order chi connectivity index (χ0) is 25.9. The molecule has 0 spiro atoms. The molecule has 0 saturated heterocycles. The summed E-state index contributed by atoms with van der Waals surface area (Å²) in [5, 5.41) is 5.57. The van der Waals surface area contributed by atoms with Gasteiger partial charge in [-0.2, -0.15) is 5.10 Å². The van der Waals surface area contributed by atoms with Crippen LogP contribution in [0.1, 0.15) is 76.1 Å². The van der Waals surface area contributed by atoms with Gasteiger partial charge in [0, 0.05) is 24.2 Å². The Labute approximate surface area is 219 Å². The lowest BCUT2D eigenvalue weighted by atomic mass is 10.0. The van der Waals surface area contributed by atoms with Crippen molar-refractivity contribution in [3.8, 4) is 5.69 Å². The molecule has 1 amide bonds. The first-order valence-corrected chi connectivity index (χ1v) is 12.3. The minimum atomic E-state index is -0.332. The monoisotopic (exact) mass is 533 g/mol. The fourth-order valence-corrected chi connectivity index (χ4v) is 4.21. The molecule has 35 heavy (non-hydrogen) atoms. The van der Waals surface area contributed by atoms with Crippen molar-refractivity contribution in [2.75, 3.05) is 6.54 Å². The Morgan fingerprint density at radius 1 is 0.971 bits per heavy atom. The normalized spacial score (nSPS) is 10.9. The summed E-state index contributed by atoms with van der Waals surface area (Å²) in [6.45, 7) is 7.43. The third-order valence-corrected chi connectivity index (χ3v) is 6.87. The van der Waals surface area contributed by atoms with Crippen LogP contribution in [0.4, 0.5) is 0 Å². The second-order valence-corrected chi connectivity index (χ2v) is 9.53. The Hall–Kier alpha value is -2.67. The molecule has 1 heterocycles. The SMILES string of the molecule is CCCCN(Cc1ccc(Cl)c(Cl)c1)C(=O)c1nn(-c2ccc(C(C)=O)cc2C(C)=O)c(C)c1Cl. The van der Waals surface area contributed by atoms with E-state index < -0.39 is 0 Å². The summed E-state index contributed by atoms with van der Waals surface area (Å²) in [5.41, 5.74) is 2.61. The van der Waals surface area contributed by atoms with Crippen molar-refractivity contribution >= 4 is 52.3 Å². The van der Waals surface area contributed by atoms with Gasteiger partial charge in [-0.05, 0) is 63.1 Å². The number of ketones is 2. The molecule has 0 N–H and O–H groups in total. The number of nitrogens with zero attached hydrogens (tertiary/aromatic N) is 3. The maximum absolute atomic E-state index is 13.6. The third-order valence-electron chi connectivity index (χ3n) is 5.68. The van der Waals surface area contributed by atoms with Gasteiger partial charge in [0.05, 0.1) is 26.4 Å². The summed E-state index contributed by atoms with van der Waals surface area (Å²) < 4.78 is 1.48. The van der Waals surface area contributed by atoms with Gasteiger partial charge in [-0.15, -0.1) is 0 Å². The average Bonchev–Trinajstić information content (AvgIpc) is 3.12. The van der Waals surface area contributed by atoms with Gasteiger partial charge in [-0.1, -0.05) is 54.2 Å². The van der Waals surface area contributed by atoms with E-state index in [0.29, 0.717) is 45.6 Å². The molecule has 0 unspecified atom stereocenters. The van der Waals surface area contributed by atoms with Gasteiger partial charge in [-0.3, -0.25) is 14.4 Å². The van der Waals surface area contributed by atoms with Gasteiger partial charge >= 0.3 is 0 Å². The lowest BCUT2D eigenvalue weighted by Gasteiger charge is -2.22. The van der Waals surface area contributed by atoms with E-state index in [-0.39, 0.29) is 28.2 Å². The van der Waals surface area contributed by atoms with Crippen LogP contribution in [0.3, 0.4) is 0 Å². The molecule has 0 fully saturated rings. The van der Waals surface area contributed by atoms with Crippen molar-refractivity contribution in [1.82, 2.24) is 14.7 Å². The number of hydrogen-bond acceptors (Lipinski definition) is 4. The van der Waals surface area contributed by atoms with E-state index in [4.69, 9.17) is 34.8 Å². The van der Waals surface area contributed by atoms with Crippen LogP contribution in [0, 0.1) is 6.92 Å². The van der Waals surface area contributed by atoms with Crippen molar-refractivity contribution < 1.29 is 14.4 Å². The van der Waals surface area contributed by atoms with E-state index in [1.165, 1.54) is 24.6 Å². The largest absolute Gasteiger partial charge is 0.333 e. The molecule has 6 nitrogen and oxygen atoms in total. The van der Waals surface area contributed by atoms with Gasteiger partial charge in [0.2, 0.25) is 0 Å². The summed E-state index contributed by atoms with van der Waals surface area (Å²) >= 11 is 18.8. The minimum Gasteiger partial charge on any atom is -0.333 e. The molecule has 184 valence electrons. The molecule has 1 aromatic heterocycles. The Kier molecular flexibility index (Phi) is 8.75. The van der Waals surface area contributed by atoms with Crippen molar-refractivity contribution in [3.63, 3.8) is 0 Å². The number of Topliss-reactive ketones (excluding diaryl/α,β-unsaturated/α-hetero) is 2. The van der Waals surface area contributed by atoms with Gasteiger partial charge < -0.3 is 4.90 Å². The Morgan fingerprint density at radius 3 is 2.29 bits per heavy atom. The van der Waals surface area contributed by atoms with Crippen LogP contribution in [-0.2, 0) is 6.54 Å². The highest BCUT2D eigenvalue weighted by atomic mass is 35.5. The number of hydrogen-bond donors (Lipinski definition) is 0. The lowest BCUT2D eigenvalue weighted by Crippen LogP contribution is -2.32. The summed E-state index contributed by atoms with van der Waals surface area (Å²) in [4.78, 5) is 39.4. The van der Waals surface area contributed by atoms with Crippen molar-refractivity contribution in [2.45, 2.75) is 47.1 Å². The standard InChI is InChI=1S/C26H26Cl3N3O3/c1-5-6-11-31(14-18-7-9-21(27)22(28)12-18)26(35)25-24(29)15(2)32(30-25)23-10-8-19(16(3)33)13-20(23)17(4)34/h7-10,12-13H,5-6,11,14H2,1-4H3. The third kappa shape index (κ3) is 5.95. The number of benzene rings is 2. The fourth-order valence-electron chi connectivity index (χ4n) is 3.69. The first-order valence-electron chi connectivity index (χ1n) is 11.2. The predicted molar refractivity (Wildman–Crippen MR) is 139 cm³/mol. The zero-order valence-electron chi connectivity index (χ0n) is 20.0. The van der Waals surface area contributed by atoms with Gasteiger partial charge in [-0.25, -0.2) is 4.68 Å². The highest BCUT2D eigenvalue weighted by Gasteiger charge is 2.26. The van der Waals surface area contributed by atoms with Crippen LogP contribution in [0.25, 0.3) is 5.69 Å². The number of unbranched alkanes of at least 4 members (excludes halogenated alkanes) is 1. The van der Waals surface area contributed by atoms with E-state index >= 15 is 0 Å². The molecule has 9 heteroatoms. The van der Waals surface area contributed by atoms with E-state index in [2.05, 4.69) is 5.10 Å². The second-order valence-electron chi connectivity index (χ2n) is 8.33. The van der Waals surface area contributed by atoms with Crippen LogP contribution >= 0.6 is 34.8 Å². The maximum atomic E-state index is 13.6. The molecular weight excluding hydrogens is 509 g/mol. The molecule has 0 atom stereocenters. The number of carbonyl (C=O) groups excluding carboxylic acids is 3. The maximum Gasteiger partial charge on any atom is 0.276 e. The van der Waals surface area contributed by atoms with Gasteiger partial charge in [0.25, 0.3) is 5.91 Å². The summed E-state index contributed by atoms with van der Waals surface area (Å²) in [6.07, 6.45) is 1.70. The number of rotatable bonds is 9. The lowest BCUT2D eigenvalue weighted by molar-refractivity contribution is 0.0734. The average molecular weight is 535 g/mol. The molecule has 3 aromatic rings. The molecule has 3 rings (SSSR count). The van der Waals surface area contributed by atoms with E-state index in [0.717, 1.165) is 18.4 Å². The van der Waals surface area contributed by atoms with Crippen molar-refractivity contribution in [3.05, 3.63) is 79.5 Å². The molecule has 0 saturated carbocycles. The van der Waals surface area contributed by atoms with Crippen molar-refractivity contribution in [2.24, 2.45) is 0 Å². The summed E-state index contributed by atoms with van der Waals surface area (Å²) in [6, 6.07) is 10.1. The number of carbonyl (C=O) groups is 3. The Morgan fingerprint density at radius 2 is 1.69 bits per heavy atom. The smallest absolute Gasteiger partial charge is 0.276 e. The molecular formula is C26H26Cl3N3O3. The number of amides is 1. The van der Waals surface area contributed by atoms with Crippen LogP contribution in [-0.4, -0.2) is 38.7 Å². The predicted octanol–water partition coefficient (Wildman–Crippen LogP) is 6.99. The summed E-state index contributed by atoms with van der Waals surface area (Å²) in [5.74, 6) is -0.716. The number of aromatic nitrogens is 2. The van der Waals surface area contributed by atoms with Gasteiger partial charge in [0.1, 0.15) is 0 Å². The number of halogens is 3. The Balaban J connectivity index is 2.03. The molecule has 0 radical (unpaired) electrons. The molecule has 0 bridgehead atoms. The van der Waals surface area contributed by atoms with Crippen LogP contribution in [0.5, 0.6) is 0 Å². The molecule has 0 aliphatic rings. The highest BCUT2D eigenvalue weighted by molar-refractivity contribution is 6.42. The first kappa shape index (κ1) is 26.9. The van der Waals surface area contributed by atoms with E-state index in [1.54, 1.807) is 36.1 Å². The van der Waals surface area contributed by atoms with Crippen molar-refractivity contribution in [1.29, 1.82) is 0 Å². The van der Waals surface area contributed by atoms with Crippen LogP contribution in [0.15, 0.2) is 36.4 Å². The van der Waals surface area contributed by atoms with Gasteiger partial charge in [0.15, 0.2) is 17.3 Å². The molecule has 0 aliphatic carbocycles. The molecule has 0 aliphatic heterocycles. The molecule has 2 aromatic carbocycles.